The van der Waals surface area contributed by atoms with E-state index >= 15 is 0 Å². The number of nitrogens with zero attached hydrogens (tertiary/aromatic N) is 3. The smallest absolute Gasteiger partial charge is 0.394 e. The molecule has 1 aliphatic rings. The number of fused-ring (bicyclic) bond motifs is 1. The number of ether oxygens (including phenoxy) is 1. The summed E-state index contributed by atoms with van der Waals surface area (Å²) in [5.74, 6) is 0. The number of aromatic nitrogens is 4. The van der Waals surface area contributed by atoms with Crippen LogP contribution in [-0.2, 0) is 4.74 Å². The van der Waals surface area contributed by atoms with Crippen molar-refractivity contribution in [2.75, 3.05) is 6.61 Å². The molecule has 0 aliphatic carbocycles. The molecular formula is C11H12N4NaO6+. The van der Waals surface area contributed by atoms with E-state index in [2.05, 4.69) is 15.1 Å². The molecule has 0 amide bonds. The number of nitrogens with one attached hydrogen (secondary N) is 1. The average molecular weight is 319 g/mol. The Labute approximate surface area is 144 Å². The van der Waals surface area contributed by atoms with Crippen LogP contribution in [0.15, 0.2) is 22.1 Å². The summed E-state index contributed by atoms with van der Waals surface area (Å²) in [5.41, 5.74) is -1.48. The summed E-state index contributed by atoms with van der Waals surface area (Å²) in [4.78, 5) is 31.6. The zero-order valence-corrected chi connectivity index (χ0v) is 13.6. The molecule has 112 valence electrons. The quantitative estimate of drug-likeness (QED) is 0.400. The summed E-state index contributed by atoms with van der Waals surface area (Å²) in [6.07, 6.45) is -2.92. The van der Waals surface area contributed by atoms with Crippen molar-refractivity contribution in [3.05, 3.63) is 33.2 Å². The van der Waals surface area contributed by atoms with Gasteiger partial charge in [-0.2, -0.15) is 0 Å². The van der Waals surface area contributed by atoms with E-state index in [4.69, 9.17) is 9.84 Å². The van der Waals surface area contributed by atoms with Crippen LogP contribution in [-0.4, -0.2) is 60.0 Å². The fourth-order valence-corrected chi connectivity index (χ4v) is 2.27. The van der Waals surface area contributed by atoms with Crippen LogP contribution in [0.25, 0.3) is 10.9 Å². The molecule has 0 radical (unpaired) electrons. The van der Waals surface area contributed by atoms with Crippen LogP contribution < -0.4 is 40.7 Å². The van der Waals surface area contributed by atoms with Gasteiger partial charge < -0.3 is 20.1 Å². The van der Waals surface area contributed by atoms with Crippen LogP contribution in [0.4, 0.5) is 0 Å². The summed E-state index contributed by atoms with van der Waals surface area (Å²) >= 11 is 0. The van der Waals surface area contributed by atoms with Gasteiger partial charge in [0.05, 0.1) is 12.0 Å². The normalized spacial score (nSPS) is 27.8. The van der Waals surface area contributed by atoms with Gasteiger partial charge in [0.25, 0.3) is 11.1 Å². The van der Waals surface area contributed by atoms with Crippen LogP contribution in [0.3, 0.4) is 0 Å². The summed E-state index contributed by atoms with van der Waals surface area (Å²) in [6, 6.07) is 0. The van der Waals surface area contributed by atoms with E-state index in [0.29, 0.717) is 0 Å². The largest absolute Gasteiger partial charge is 1.00 e. The summed E-state index contributed by atoms with van der Waals surface area (Å²) in [5, 5.41) is 30.9. The van der Waals surface area contributed by atoms with Gasteiger partial charge in [0.1, 0.15) is 30.2 Å². The number of hydrogen-bond donors (Lipinski definition) is 4. The van der Waals surface area contributed by atoms with Gasteiger partial charge in [-0.05, 0) is 0 Å². The van der Waals surface area contributed by atoms with Gasteiger partial charge in [-0.1, -0.05) is 0 Å². The van der Waals surface area contributed by atoms with Crippen molar-refractivity contribution >= 4 is 10.9 Å². The Hall–Kier alpha value is -1.14. The Kier molecular flexibility index (Phi) is 5.12. The molecular weight excluding hydrogens is 307 g/mol. The van der Waals surface area contributed by atoms with E-state index in [0.717, 1.165) is 11.0 Å². The predicted octanol–water partition coefficient (Wildman–Crippen LogP) is -5.90. The average Bonchev–Trinajstić information content (AvgIpc) is 2.79. The third-order valence-electron chi connectivity index (χ3n) is 3.37. The first kappa shape index (κ1) is 17.2. The van der Waals surface area contributed by atoms with Crippen molar-refractivity contribution in [3.63, 3.8) is 0 Å². The van der Waals surface area contributed by atoms with Crippen molar-refractivity contribution in [1.82, 2.24) is 19.7 Å². The fraction of sp³-hybridized carbons (Fsp3) is 0.455. The van der Waals surface area contributed by atoms with Crippen LogP contribution >= 0.6 is 0 Å². The van der Waals surface area contributed by atoms with Crippen LogP contribution in [0.5, 0.6) is 0 Å². The maximum Gasteiger partial charge on any atom is 1.00 e. The molecule has 10 nitrogen and oxygen atoms in total. The van der Waals surface area contributed by atoms with Crippen LogP contribution in [0.1, 0.15) is 6.23 Å². The first-order valence-corrected chi connectivity index (χ1v) is 6.11. The molecule has 0 unspecified atom stereocenters. The van der Waals surface area contributed by atoms with Gasteiger partial charge in [0.2, 0.25) is 0 Å². The molecule has 2 aromatic heterocycles. The maximum absolute atomic E-state index is 12.3. The zero-order chi connectivity index (χ0) is 15.1. The van der Waals surface area contributed by atoms with E-state index in [1.54, 1.807) is 0 Å². The monoisotopic (exact) mass is 319 g/mol. The van der Waals surface area contributed by atoms with Crippen molar-refractivity contribution in [1.29, 1.82) is 0 Å². The number of aliphatic hydroxyl groups is 3. The molecule has 0 bridgehead atoms. The molecule has 2 aromatic rings. The van der Waals surface area contributed by atoms with E-state index in [-0.39, 0.29) is 40.5 Å². The molecule has 3 rings (SSSR count). The Morgan fingerprint density at radius 3 is 2.68 bits per heavy atom. The molecule has 1 aliphatic heterocycles. The molecule has 4 atom stereocenters. The molecule has 4 N–H and O–H groups in total. The van der Waals surface area contributed by atoms with Gasteiger partial charge in [0, 0.05) is 6.20 Å². The van der Waals surface area contributed by atoms with Gasteiger partial charge >= 0.3 is 29.6 Å². The fourth-order valence-electron chi connectivity index (χ4n) is 2.27. The molecule has 0 spiro atoms. The third-order valence-corrected chi connectivity index (χ3v) is 3.37. The molecule has 1 saturated heterocycles. The van der Waals surface area contributed by atoms with Gasteiger partial charge in [-0.25, -0.2) is 14.6 Å². The SMILES string of the molecule is O=c1[nH]n([C@@H]2O[C@H](CO)[C@@H](O)[C@H]2O)c(=O)c2ncncc12.[Na+]. The van der Waals surface area contributed by atoms with Crippen LogP contribution in [0.2, 0.25) is 0 Å². The minimum atomic E-state index is -1.48. The van der Waals surface area contributed by atoms with Crippen molar-refractivity contribution < 1.29 is 49.6 Å². The van der Waals surface area contributed by atoms with Gasteiger partial charge in [0.15, 0.2) is 6.23 Å². The van der Waals surface area contributed by atoms with E-state index in [1.807, 2.05) is 0 Å². The molecule has 0 saturated carbocycles. The second-order valence-electron chi connectivity index (χ2n) is 4.63. The second kappa shape index (κ2) is 6.54. The number of aliphatic hydroxyl groups excluding tert-OH is 3. The minimum absolute atomic E-state index is 0. The van der Waals surface area contributed by atoms with E-state index in [9.17, 15) is 19.8 Å². The number of H-pyrrole nitrogens is 1. The van der Waals surface area contributed by atoms with Gasteiger partial charge in [-0.15, -0.1) is 0 Å². The number of hydrogen-bond acceptors (Lipinski definition) is 8. The van der Waals surface area contributed by atoms with E-state index < -0.39 is 42.3 Å². The molecule has 1 fully saturated rings. The third kappa shape index (κ3) is 2.63. The first-order valence-electron chi connectivity index (χ1n) is 6.11. The summed E-state index contributed by atoms with van der Waals surface area (Å²) in [6.45, 7) is -0.538. The standard InChI is InChI=1S/C11H12N4O6.Na/c16-2-5-7(17)8(18)11(21-5)15-10(20)6-4(9(19)14-15)1-12-3-13-6;/h1,3,5,7-8,11,16-18H,2H2,(H,14,19);/q;+1/t5-,7-,8-,11-;/m1./s1. The Morgan fingerprint density at radius 1 is 1.32 bits per heavy atom. The van der Waals surface area contributed by atoms with Gasteiger partial charge in [-0.3, -0.25) is 14.7 Å². The molecule has 22 heavy (non-hydrogen) atoms. The molecule has 3 heterocycles. The Bertz CT molecular complexity index is 792. The van der Waals surface area contributed by atoms with Crippen LogP contribution in [0, 0.1) is 0 Å². The topological polar surface area (TPSA) is 151 Å². The summed E-state index contributed by atoms with van der Waals surface area (Å²) < 4.78 is 5.96. The van der Waals surface area contributed by atoms with Crippen molar-refractivity contribution in [2.45, 2.75) is 24.5 Å². The Balaban J connectivity index is 0.00000176. The maximum atomic E-state index is 12.3. The van der Waals surface area contributed by atoms with E-state index in [1.165, 1.54) is 6.20 Å². The summed E-state index contributed by atoms with van der Waals surface area (Å²) in [7, 11) is 0. The molecule has 0 aromatic carbocycles. The number of rotatable bonds is 2. The first-order chi connectivity index (χ1) is 10.0. The minimum Gasteiger partial charge on any atom is -0.394 e. The zero-order valence-electron chi connectivity index (χ0n) is 11.6. The van der Waals surface area contributed by atoms with Crippen molar-refractivity contribution in [3.8, 4) is 0 Å². The predicted molar refractivity (Wildman–Crippen MR) is 67.4 cm³/mol. The second-order valence-corrected chi connectivity index (χ2v) is 4.63. The number of aromatic amines is 1. The molecule has 11 heteroatoms. The Morgan fingerprint density at radius 2 is 2.05 bits per heavy atom. The van der Waals surface area contributed by atoms with Crippen molar-refractivity contribution in [2.24, 2.45) is 0 Å².